The SMILES string of the molecule is COc1ccc(C(O)c2ccc(C)s2)cc1Br. The third-order valence-electron chi connectivity index (χ3n) is 2.52. The van der Waals surface area contributed by atoms with E-state index in [0.29, 0.717) is 0 Å². The van der Waals surface area contributed by atoms with E-state index >= 15 is 0 Å². The molecule has 0 fully saturated rings. The molecule has 0 aliphatic rings. The number of halogens is 1. The molecule has 1 N–H and O–H groups in total. The van der Waals surface area contributed by atoms with Gasteiger partial charge in [-0.2, -0.15) is 0 Å². The third kappa shape index (κ3) is 2.70. The van der Waals surface area contributed by atoms with E-state index < -0.39 is 6.10 Å². The predicted octanol–water partition coefficient (Wildman–Crippen LogP) is 3.91. The van der Waals surface area contributed by atoms with Crippen LogP contribution in [0.3, 0.4) is 0 Å². The average Bonchev–Trinajstić information content (AvgIpc) is 2.75. The lowest BCUT2D eigenvalue weighted by Crippen LogP contribution is -1.97. The molecule has 4 heteroatoms. The molecule has 0 saturated carbocycles. The summed E-state index contributed by atoms with van der Waals surface area (Å²) in [4.78, 5) is 2.16. The first-order valence-electron chi connectivity index (χ1n) is 5.19. The summed E-state index contributed by atoms with van der Waals surface area (Å²) in [6.45, 7) is 2.03. The summed E-state index contributed by atoms with van der Waals surface area (Å²) in [5, 5.41) is 10.2. The molecule has 0 saturated heterocycles. The Morgan fingerprint density at radius 2 is 2.06 bits per heavy atom. The molecule has 0 aliphatic heterocycles. The van der Waals surface area contributed by atoms with Crippen LogP contribution in [-0.4, -0.2) is 12.2 Å². The van der Waals surface area contributed by atoms with Crippen LogP contribution in [0.15, 0.2) is 34.8 Å². The van der Waals surface area contributed by atoms with Crippen molar-refractivity contribution in [3.63, 3.8) is 0 Å². The lowest BCUT2D eigenvalue weighted by Gasteiger charge is -2.11. The summed E-state index contributed by atoms with van der Waals surface area (Å²) in [5.41, 5.74) is 0.861. The quantitative estimate of drug-likeness (QED) is 0.931. The zero-order valence-corrected chi connectivity index (χ0v) is 12.0. The molecule has 0 aliphatic carbocycles. The average molecular weight is 313 g/mol. The molecule has 0 amide bonds. The number of aliphatic hydroxyl groups is 1. The lowest BCUT2D eigenvalue weighted by atomic mass is 10.1. The predicted molar refractivity (Wildman–Crippen MR) is 73.8 cm³/mol. The van der Waals surface area contributed by atoms with Gasteiger partial charge in [0.05, 0.1) is 11.6 Å². The highest BCUT2D eigenvalue weighted by Gasteiger charge is 2.13. The molecule has 2 nitrogen and oxygen atoms in total. The summed E-state index contributed by atoms with van der Waals surface area (Å²) < 4.78 is 6.02. The highest BCUT2D eigenvalue weighted by molar-refractivity contribution is 9.10. The van der Waals surface area contributed by atoms with Crippen molar-refractivity contribution in [2.45, 2.75) is 13.0 Å². The molecule has 2 aromatic rings. The minimum absolute atomic E-state index is 0.573. The van der Waals surface area contributed by atoms with E-state index in [1.807, 2.05) is 37.3 Å². The van der Waals surface area contributed by atoms with Crippen molar-refractivity contribution in [2.75, 3.05) is 7.11 Å². The smallest absolute Gasteiger partial charge is 0.133 e. The van der Waals surface area contributed by atoms with Gasteiger partial charge in [-0.05, 0) is 52.7 Å². The standard InChI is InChI=1S/C13H13BrO2S/c1-8-3-6-12(17-8)13(15)9-4-5-11(16-2)10(14)7-9/h3-7,13,15H,1-2H3. The molecular weight excluding hydrogens is 300 g/mol. The second-order valence-electron chi connectivity index (χ2n) is 3.74. The van der Waals surface area contributed by atoms with Crippen molar-refractivity contribution in [3.05, 3.63) is 50.1 Å². The van der Waals surface area contributed by atoms with E-state index in [9.17, 15) is 5.11 Å². The van der Waals surface area contributed by atoms with Gasteiger partial charge in [0, 0.05) is 9.75 Å². The van der Waals surface area contributed by atoms with Gasteiger partial charge in [0.15, 0.2) is 0 Å². The van der Waals surface area contributed by atoms with E-state index in [1.54, 1.807) is 18.4 Å². The zero-order valence-electron chi connectivity index (χ0n) is 9.61. The molecule has 0 bridgehead atoms. The minimum atomic E-state index is -0.573. The Hall–Kier alpha value is -0.840. The summed E-state index contributed by atoms with van der Waals surface area (Å²) in [6.07, 6.45) is -0.573. The molecule has 90 valence electrons. The van der Waals surface area contributed by atoms with Gasteiger partial charge in [0.25, 0.3) is 0 Å². The van der Waals surface area contributed by atoms with Crippen LogP contribution in [0.2, 0.25) is 0 Å². The van der Waals surface area contributed by atoms with Crippen LogP contribution in [0.1, 0.15) is 21.4 Å². The van der Waals surface area contributed by atoms with Crippen LogP contribution < -0.4 is 4.74 Å². The van der Waals surface area contributed by atoms with E-state index in [0.717, 1.165) is 20.7 Å². The lowest BCUT2D eigenvalue weighted by molar-refractivity contribution is 0.224. The summed E-state index contributed by atoms with van der Waals surface area (Å²) >= 11 is 5.03. The second-order valence-corrected chi connectivity index (χ2v) is 5.92. The van der Waals surface area contributed by atoms with Gasteiger partial charge in [-0.25, -0.2) is 0 Å². The van der Waals surface area contributed by atoms with Crippen LogP contribution in [0.5, 0.6) is 5.75 Å². The maximum absolute atomic E-state index is 10.2. The van der Waals surface area contributed by atoms with Gasteiger partial charge in [-0.15, -0.1) is 11.3 Å². The molecule has 17 heavy (non-hydrogen) atoms. The van der Waals surface area contributed by atoms with E-state index in [1.165, 1.54) is 4.88 Å². The van der Waals surface area contributed by atoms with Gasteiger partial charge in [-0.3, -0.25) is 0 Å². The largest absolute Gasteiger partial charge is 0.496 e. The van der Waals surface area contributed by atoms with E-state index in [-0.39, 0.29) is 0 Å². The van der Waals surface area contributed by atoms with Gasteiger partial charge < -0.3 is 9.84 Å². The molecule has 0 radical (unpaired) electrons. The summed E-state index contributed by atoms with van der Waals surface area (Å²) in [6, 6.07) is 9.59. The van der Waals surface area contributed by atoms with Gasteiger partial charge >= 0.3 is 0 Å². The van der Waals surface area contributed by atoms with Gasteiger partial charge in [0.1, 0.15) is 11.9 Å². The Balaban J connectivity index is 2.31. The van der Waals surface area contributed by atoms with Gasteiger partial charge in [0.2, 0.25) is 0 Å². The Bertz CT molecular complexity index is 522. The summed E-state index contributed by atoms with van der Waals surface area (Å²) in [5.74, 6) is 0.767. The molecule has 1 aromatic carbocycles. The molecule has 1 unspecified atom stereocenters. The van der Waals surface area contributed by atoms with E-state index in [4.69, 9.17) is 4.74 Å². The Kier molecular flexibility index (Phi) is 3.86. The van der Waals surface area contributed by atoms with Crippen LogP contribution in [0, 0.1) is 6.92 Å². The number of rotatable bonds is 3. The van der Waals surface area contributed by atoms with Crippen molar-refractivity contribution in [1.29, 1.82) is 0 Å². The van der Waals surface area contributed by atoms with Crippen LogP contribution >= 0.6 is 27.3 Å². The number of hydrogen-bond donors (Lipinski definition) is 1. The highest BCUT2D eigenvalue weighted by atomic mass is 79.9. The minimum Gasteiger partial charge on any atom is -0.496 e. The van der Waals surface area contributed by atoms with Gasteiger partial charge in [-0.1, -0.05) is 6.07 Å². The van der Waals surface area contributed by atoms with Crippen molar-refractivity contribution in [2.24, 2.45) is 0 Å². The first-order valence-corrected chi connectivity index (χ1v) is 6.80. The Morgan fingerprint density at radius 3 is 2.59 bits per heavy atom. The maximum atomic E-state index is 10.2. The number of thiophene rings is 1. The Morgan fingerprint density at radius 1 is 1.29 bits per heavy atom. The van der Waals surface area contributed by atoms with Crippen molar-refractivity contribution in [1.82, 2.24) is 0 Å². The topological polar surface area (TPSA) is 29.5 Å². The number of aryl methyl sites for hydroxylation is 1. The molecule has 1 heterocycles. The first kappa shape index (κ1) is 12.6. The van der Waals surface area contributed by atoms with Crippen LogP contribution in [0.25, 0.3) is 0 Å². The van der Waals surface area contributed by atoms with Crippen molar-refractivity contribution >= 4 is 27.3 Å². The maximum Gasteiger partial charge on any atom is 0.133 e. The van der Waals surface area contributed by atoms with Crippen LogP contribution in [0.4, 0.5) is 0 Å². The fourth-order valence-corrected chi connectivity index (χ4v) is 3.07. The number of methoxy groups -OCH3 is 1. The Labute approximate surface area is 113 Å². The number of aliphatic hydroxyl groups excluding tert-OH is 1. The number of ether oxygens (including phenoxy) is 1. The number of benzene rings is 1. The fourth-order valence-electron chi connectivity index (χ4n) is 1.62. The van der Waals surface area contributed by atoms with E-state index in [2.05, 4.69) is 15.9 Å². The zero-order chi connectivity index (χ0) is 12.4. The summed E-state index contributed by atoms with van der Waals surface area (Å²) in [7, 11) is 1.62. The van der Waals surface area contributed by atoms with Crippen molar-refractivity contribution in [3.8, 4) is 5.75 Å². The molecule has 2 rings (SSSR count). The first-order chi connectivity index (χ1) is 8.11. The highest BCUT2D eigenvalue weighted by Crippen LogP contribution is 2.32. The molecule has 0 spiro atoms. The molecule has 1 aromatic heterocycles. The van der Waals surface area contributed by atoms with Crippen molar-refractivity contribution < 1.29 is 9.84 Å². The number of hydrogen-bond acceptors (Lipinski definition) is 3. The third-order valence-corrected chi connectivity index (χ3v) is 4.20. The molecule has 1 atom stereocenters. The van der Waals surface area contributed by atoms with Crippen LogP contribution in [-0.2, 0) is 0 Å². The fraction of sp³-hybridized carbons (Fsp3) is 0.231. The second kappa shape index (κ2) is 5.21. The monoisotopic (exact) mass is 312 g/mol. The molecular formula is C13H13BrO2S. The normalized spacial score (nSPS) is 12.5.